The lowest BCUT2D eigenvalue weighted by molar-refractivity contribution is 0.660. The van der Waals surface area contributed by atoms with E-state index in [0.717, 1.165) is 28.4 Å². The Morgan fingerprint density at radius 1 is 0.417 bits per heavy atom. The van der Waals surface area contributed by atoms with Crippen LogP contribution in [0.1, 0.15) is 25.0 Å². The van der Waals surface area contributed by atoms with E-state index in [1.54, 1.807) is 0 Å². The van der Waals surface area contributed by atoms with Crippen molar-refractivity contribution in [3.8, 4) is 16.8 Å². The summed E-state index contributed by atoms with van der Waals surface area (Å²) in [5.74, 6) is 0. The van der Waals surface area contributed by atoms with E-state index >= 15 is 0 Å². The molecular formula is C45H33N3. The van der Waals surface area contributed by atoms with Crippen molar-refractivity contribution < 1.29 is 0 Å². The predicted molar refractivity (Wildman–Crippen MR) is 201 cm³/mol. The number of benzene rings is 7. The summed E-state index contributed by atoms with van der Waals surface area (Å²) in [6, 6.07) is 59.9. The lowest BCUT2D eigenvalue weighted by atomic mass is 9.82. The van der Waals surface area contributed by atoms with Crippen LogP contribution in [-0.2, 0) is 5.41 Å². The molecule has 0 saturated heterocycles. The highest BCUT2D eigenvalue weighted by molar-refractivity contribution is 6.11. The van der Waals surface area contributed by atoms with Gasteiger partial charge in [0.25, 0.3) is 0 Å². The molecule has 1 aromatic heterocycles. The first-order valence-electron chi connectivity index (χ1n) is 16.7. The van der Waals surface area contributed by atoms with E-state index in [4.69, 9.17) is 0 Å². The highest BCUT2D eigenvalue weighted by Gasteiger charge is 2.42. The third-order valence-electron chi connectivity index (χ3n) is 10.5. The molecule has 3 heteroatoms. The number of nitrogens with zero attached hydrogens (tertiary/aromatic N) is 3. The van der Waals surface area contributed by atoms with E-state index in [9.17, 15) is 0 Å². The number of anilines is 6. The Labute approximate surface area is 280 Å². The Morgan fingerprint density at radius 3 is 1.67 bits per heavy atom. The van der Waals surface area contributed by atoms with Crippen molar-refractivity contribution in [3.63, 3.8) is 0 Å². The van der Waals surface area contributed by atoms with Gasteiger partial charge in [-0.1, -0.05) is 117 Å². The smallest absolute Gasteiger partial charge is 0.0785 e. The third kappa shape index (κ3) is 3.64. The molecule has 48 heavy (non-hydrogen) atoms. The molecule has 0 unspecified atom stereocenters. The largest absolute Gasteiger partial charge is 0.309 e. The zero-order valence-corrected chi connectivity index (χ0v) is 26.9. The van der Waals surface area contributed by atoms with Gasteiger partial charge in [0.1, 0.15) is 0 Å². The third-order valence-corrected chi connectivity index (χ3v) is 10.5. The second-order valence-electron chi connectivity index (χ2n) is 13.4. The van der Waals surface area contributed by atoms with Crippen LogP contribution in [0.5, 0.6) is 0 Å². The normalized spacial score (nSPS) is 14.1. The summed E-state index contributed by atoms with van der Waals surface area (Å²) in [6.45, 7) is 4.72. The minimum atomic E-state index is -0.110. The number of para-hydroxylation sites is 4. The summed E-state index contributed by atoms with van der Waals surface area (Å²) in [7, 11) is 0. The van der Waals surface area contributed by atoms with Gasteiger partial charge >= 0.3 is 0 Å². The Hall–Kier alpha value is -6.06. The standard InChI is InChI=1S/C45H33N3/c1-45(2)36-22-12-9-21-35(36)43-37(45)26-28-41-44(43)48(31-17-7-4-8-18-31)40-27-25-32(29-42(40)46(41)30-15-5-3-6-16-30)47-38-23-13-10-19-33(38)34-20-11-14-24-39(34)47/h3-29H,1-2H3. The SMILES string of the molecule is CC1(C)c2ccccc2-c2c1ccc1c2N(c2ccccc2)c2ccc(-n3c4ccccc4c4ccccc43)cc2N1c1ccccc1. The van der Waals surface area contributed by atoms with Gasteiger partial charge in [0.2, 0.25) is 0 Å². The van der Waals surface area contributed by atoms with E-state index in [-0.39, 0.29) is 5.41 Å². The van der Waals surface area contributed by atoms with Crippen LogP contribution in [0.25, 0.3) is 38.6 Å². The zero-order chi connectivity index (χ0) is 32.0. The molecule has 0 bridgehead atoms. The van der Waals surface area contributed by atoms with Gasteiger partial charge in [-0.15, -0.1) is 0 Å². The van der Waals surface area contributed by atoms with Crippen molar-refractivity contribution in [1.82, 2.24) is 4.57 Å². The molecule has 0 atom stereocenters. The molecule has 0 spiro atoms. The number of hydrogen-bond donors (Lipinski definition) is 0. The Morgan fingerprint density at radius 2 is 0.979 bits per heavy atom. The van der Waals surface area contributed by atoms with Crippen molar-refractivity contribution >= 4 is 55.9 Å². The minimum absolute atomic E-state index is 0.110. The molecular weight excluding hydrogens is 583 g/mol. The Kier molecular flexibility index (Phi) is 5.63. The van der Waals surface area contributed by atoms with Crippen molar-refractivity contribution in [2.75, 3.05) is 9.80 Å². The van der Waals surface area contributed by atoms with Crippen LogP contribution < -0.4 is 9.80 Å². The molecule has 228 valence electrons. The van der Waals surface area contributed by atoms with Crippen molar-refractivity contribution in [2.24, 2.45) is 0 Å². The zero-order valence-electron chi connectivity index (χ0n) is 26.9. The molecule has 0 N–H and O–H groups in total. The minimum Gasteiger partial charge on any atom is -0.309 e. The fraction of sp³-hybridized carbons (Fsp3) is 0.0667. The van der Waals surface area contributed by atoms with Crippen molar-refractivity contribution in [3.05, 3.63) is 175 Å². The molecule has 1 aliphatic carbocycles. The molecule has 7 aromatic carbocycles. The fourth-order valence-corrected chi connectivity index (χ4v) is 8.34. The van der Waals surface area contributed by atoms with Crippen molar-refractivity contribution in [1.29, 1.82) is 0 Å². The topological polar surface area (TPSA) is 11.4 Å². The molecule has 10 rings (SSSR count). The quantitative estimate of drug-likeness (QED) is 0.196. The second-order valence-corrected chi connectivity index (χ2v) is 13.4. The average Bonchev–Trinajstić information content (AvgIpc) is 3.60. The van der Waals surface area contributed by atoms with Crippen LogP contribution in [0.15, 0.2) is 164 Å². The van der Waals surface area contributed by atoms with E-state index in [1.165, 1.54) is 55.4 Å². The summed E-state index contributed by atoms with van der Waals surface area (Å²) in [4.78, 5) is 4.96. The van der Waals surface area contributed by atoms with Crippen LogP contribution in [0.3, 0.4) is 0 Å². The lowest BCUT2D eigenvalue weighted by Crippen LogP contribution is -2.25. The van der Waals surface area contributed by atoms with Gasteiger partial charge in [-0.25, -0.2) is 0 Å². The van der Waals surface area contributed by atoms with Crippen LogP contribution in [0.4, 0.5) is 34.1 Å². The van der Waals surface area contributed by atoms with Gasteiger partial charge in [0.15, 0.2) is 0 Å². The predicted octanol–water partition coefficient (Wildman–Crippen LogP) is 12.3. The van der Waals surface area contributed by atoms with Gasteiger partial charge in [0.05, 0.1) is 33.8 Å². The first-order valence-corrected chi connectivity index (χ1v) is 16.7. The fourth-order valence-electron chi connectivity index (χ4n) is 8.34. The highest BCUT2D eigenvalue weighted by Crippen LogP contribution is 2.62. The number of aromatic nitrogens is 1. The number of hydrogen-bond acceptors (Lipinski definition) is 2. The van der Waals surface area contributed by atoms with Crippen LogP contribution in [0.2, 0.25) is 0 Å². The van der Waals surface area contributed by atoms with Crippen LogP contribution in [-0.4, -0.2) is 4.57 Å². The number of fused-ring (bicyclic) bond motifs is 9. The maximum Gasteiger partial charge on any atom is 0.0785 e. The van der Waals surface area contributed by atoms with E-state index in [2.05, 4.69) is 192 Å². The Bertz CT molecular complexity index is 2490. The molecule has 0 radical (unpaired) electrons. The van der Waals surface area contributed by atoms with Crippen molar-refractivity contribution in [2.45, 2.75) is 19.3 Å². The van der Waals surface area contributed by atoms with Gasteiger partial charge in [-0.2, -0.15) is 0 Å². The first kappa shape index (κ1) is 27.1. The van der Waals surface area contributed by atoms with Crippen LogP contribution in [0, 0.1) is 0 Å². The molecule has 0 fully saturated rings. The summed E-state index contributed by atoms with van der Waals surface area (Å²) in [5, 5.41) is 2.53. The summed E-state index contributed by atoms with van der Waals surface area (Å²) < 4.78 is 2.41. The van der Waals surface area contributed by atoms with E-state index < -0.39 is 0 Å². The van der Waals surface area contributed by atoms with E-state index in [1.807, 2.05) is 0 Å². The highest BCUT2D eigenvalue weighted by atomic mass is 15.3. The Balaban J connectivity index is 1.31. The van der Waals surface area contributed by atoms with Gasteiger partial charge in [0, 0.05) is 38.8 Å². The molecule has 8 aromatic rings. The van der Waals surface area contributed by atoms with Gasteiger partial charge in [-0.05, 0) is 77.4 Å². The maximum atomic E-state index is 2.50. The molecule has 0 amide bonds. The van der Waals surface area contributed by atoms with E-state index in [0.29, 0.717) is 0 Å². The molecule has 0 saturated carbocycles. The summed E-state index contributed by atoms with van der Waals surface area (Å²) in [5.41, 5.74) is 15.8. The average molecular weight is 616 g/mol. The molecule has 2 heterocycles. The second kappa shape index (κ2) is 9.97. The molecule has 2 aliphatic rings. The number of rotatable bonds is 3. The molecule has 1 aliphatic heterocycles. The summed E-state index contributed by atoms with van der Waals surface area (Å²) in [6.07, 6.45) is 0. The maximum absolute atomic E-state index is 2.50. The summed E-state index contributed by atoms with van der Waals surface area (Å²) >= 11 is 0. The monoisotopic (exact) mass is 615 g/mol. The molecule has 3 nitrogen and oxygen atoms in total. The van der Waals surface area contributed by atoms with Crippen LogP contribution >= 0.6 is 0 Å². The lowest BCUT2D eigenvalue weighted by Gasteiger charge is -2.42. The van der Waals surface area contributed by atoms with Gasteiger partial charge in [-0.3, -0.25) is 0 Å². The van der Waals surface area contributed by atoms with Gasteiger partial charge < -0.3 is 14.4 Å². The first-order chi connectivity index (χ1) is 23.6.